The fraction of sp³-hybridized carbons (Fsp3) is 0.200. The number of nitrogens with zero attached hydrogens (tertiary/aromatic N) is 1. The second-order valence-electron chi connectivity index (χ2n) is 7.30. The minimum atomic E-state index is -0.668. The minimum Gasteiger partial charge on any atom is -0.507 e. The van der Waals surface area contributed by atoms with E-state index in [2.05, 4.69) is 0 Å². The number of thiophene rings is 1. The van der Waals surface area contributed by atoms with Crippen LogP contribution in [0.4, 0.5) is 0 Å². The number of hydrogen-bond acceptors (Lipinski definition) is 5. The standard InChI is InChI=1S/C25H23NO4S/c1-2-14-30-19-12-10-18(11-13-19)23(27)21-22(20-9-6-15-31-20)26(25(29)24(21)28)16-17-7-4-3-5-8-17/h3-13,15,22,27H,2,14,16H2,1H3. The van der Waals surface area contributed by atoms with Crippen LogP contribution in [0.2, 0.25) is 0 Å². The molecule has 2 heterocycles. The molecule has 31 heavy (non-hydrogen) atoms. The fourth-order valence-electron chi connectivity index (χ4n) is 3.65. The number of amides is 1. The molecule has 4 rings (SSSR count). The summed E-state index contributed by atoms with van der Waals surface area (Å²) in [6.07, 6.45) is 0.896. The predicted molar refractivity (Wildman–Crippen MR) is 121 cm³/mol. The van der Waals surface area contributed by atoms with E-state index in [-0.39, 0.29) is 17.9 Å². The summed E-state index contributed by atoms with van der Waals surface area (Å²) in [6, 6.07) is 19.6. The largest absolute Gasteiger partial charge is 0.507 e. The SMILES string of the molecule is CCCOc1ccc(C(O)=C2C(=O)C(=O)N(Cc3ccccc3)C2c2cccs2)cc1. The number of ketones is 1. The van der Waals surface area contributed by atoms with Gasteiger partial charge in [0.15, 0.2) is 0 Å². The number of aliphatic hydroxyl groups is 1. The molecule has 1 aromatic heterocycles. The maximum atomic E-state index is 13.0. The number of aliphatic hydroxyl groups excluding tert-OH is 1. The lowest BCUT2D eigenvalue weighted by atomic mass is 9.99. The molecule has 3 aromatic rings. The average Bonchev–Trinajstić information content (AvgIpc) is 3.41. The van der Waals surface area contributed by atoms with Crippen molar-refractivity contribution in [3.8, 4) is 5.75 Å². The highest BCUT2D eigenvalue weighted by atomic mass is 32.1. The van der Waals surface area contributed by atoms with Crippen molar-refractivity contribution in [1.82, 2.24) is 4.90 Å². The fourth-order valence-corrected chi connectivity index (χ4v) is 4.50. The zero-order valence-corrected chi connectivity index (χ0v) is 18.0. The van der Waals surface area contributed by atoms with Crippen LogP contribution in [0.25, 0.3) is 5.76 Å². The van der Waals surface area contributed by atoms with Gasteiger partial charge in [0.1, 0.15) is 11.5 Å². The maximum Gasteiger partial charge on any atom is 0.295 e. The van der Waals surface area contributed by atoms with Crippen molar-refractivity contribution in [1.29, 1.82) is 0 Å². The van der Waals surface area contributed by atoms with Gasteiger partial charge < -0.3 is 14.7 Å². The lowest BCUT2D eigenvalue weighted by Crippen LogP contribution is -2.28. The van der Waals surface area contributed by atoms with Gasteiger partial charge in [-0.25, -0.2) is 0 Å². The molecule has 1 atom stereocenters. The molecule has 0 bridgehead atoms. The molecule has 0 radical (unpaired) electrons. The molecule has 0 saturated carbocycles. The third-order valence-electron chi connectivity index (χ3n) is 5.15. The van der Waals surface area contributed by atoms with Crippen LogP contribution in [-0.4, -0.2) is 28.3 Å². The van der Waals surface area contributed by atoms with Crippen molar-refractivity contribution in [2.24, 2.45) is 0 Å². The van der Waals surface area contributed by atoms with Gasteiger partial charge in [-0.05, 0) is 47.7 Å². The second-order valence-corrected chi connectivity index (χ2v) is 8.28. The van der Waals surface area contributed by atoms with Crippen molar-refractivity contribution in [2.75, 3.05) is 6.61 Å². The van der Waals surface area contributed by atoms with E-state index in [0.29, 0.717) is 17.9 Å². The first-order valence-electron chi connectivity index (χ1n) is 10.2. The molecule has 1 saturated heterocycles. The Bertz CT molecular complexity index is 1090. The number of carbonyl (C=O) groups is 2. The molecule has 6 heteroatoms. The van der Waals surface area contributed by atoms with E-state index in [1.807, 2.05) is 54.8 Å². The molecule has 1 N–H and O–H groups in total. The highest BCUT2D eigenvalue weighted by Gasteiger charge is 2.46. The molecule has 0 aliphatic carbocycles. The van der Waals surface area contributed by atoms with Crippen LogP contribution >= 0.6 is 11.3 Å². The number of benzene rings is 2. The summed E-state index contributed by atoms with van der Waals surface area (Å²) in [5.74, 6) is -0.753. The summed E-state index contributed by atoms with van der Waals surface area (Å²) in [4.78, 5) is 28.3. The highest BCUT2D eigenvalue weighted by molar-refractivity contribution is 7.10. The van der Waals surface area contributed by atoms with Crippen LogP contribution < -0.4 is 4.74 Å². The van der Waals surface area contributed by atoms with Gasteiger partial charge in [-0.15, -0.1) is 11.3 Å². The van der Waals surface area contributed by atoms with Crippen LogP contribution in [0.3, 0.4) is 0 Å². The van der Waals surface area contributed by atoms with E-state index >= 15 is 0 Å². The van der Waals surface area contributed by atoms with Crippen molar-refractivity contribution < 1.29 is 19.4 Å². The zero-order valence-electron chi connectivity index (χ0n) is 17.2. The third kappa shape index (κ3) is 4.25. The lowest BCUT2D eigenvalue weighted by molar-refractivity contribution is -0.140. The molecule has 1 aliphatic heterocycles. The highest BCUT2D eigenvalue weighted by Crippen LogP contribution is 2.41. The Morgan fingerprint density at radius 1 is 1.03 bits per heavy atom. The summed E-state index contributed by atoms with van der Waals surface area (Å²) < 4.78 is 5.59. The Hall–Kier alpha value is -3.38. The van der Waals surface area contributed by atoms with Gasteiger partial charge in [-0.2, -0.15) is 0 Å². The number of Topliss-reactive ketones (excluding diaryl/α,β-unsaturated/α-hetero) is 1. The molecule has 158 valence electrons. The van der Waals surface area contributed by atoms with Crippen LogP contribution in [0.5, 0.6) is 5.75 Å². The van der Waals surface area contributed by atoms with Gasteiger partial charge in [0.25, 0.3) is 11.7 Å². The maximum absolute atomic E-state index is 13.0. The Morgan fingerprint density at radius 2 is 1.77 bits per heavy atom. The van der Waals surface area contributed by atoms with E-state index in [9.17, 15) is 14.7 Å². The number of ether oxygens (including phenoxy) is 1. The number of rotatable bonds is 7. The van der Waals surface area contributed by atoms with Crippen LogP contribution in [0, 0.1) is 0 Å². The first-order valence-corrected chi connectivity index (χ1v) is 11.1. The molecule has 5 nitrogen and oxygen atoms in total. The molecule has 1 amide bonds. The molecule has 1 unspecified atom stereocenters. The normalized spacial score (nSPS) is 17.8. The van der Waals surface area contributed by atoms with E-state index in [1.165, 1.54) is 16.2 Å². The van der Waals surface area contributed by atoms with E-state index < -0.39 is 17.7 Å². The first kappa shape index (κ1) is 20.9. The third-order valence-corrected chi connectivity index (χ3v) is 6.07. The van der Waals surface area contributed by atoms with E-state index in [0.717, 1.165) is 16.9 Å². The Balaban J connectivity index is 1.74. The van der Waals surface area contributed by atoms with Crippen molar-refractivity contribution >= 4 is 28.8 Å². The van der Waals surface area contributed by atoms with Crippen molar-refractivity contribution in [3.63, 3.8) is 0 Å². The second kappa shape index (κ2) is 9.18. The summed E-state index contributed by atoms with van der Waals surface area (Å²) in [7, 11) is 0. The smallest absolute Gasteiger partial charge is 0.295 e. The summed E-state index contributed by atoms with van der Waals surface area (Å²) in [6.45, 7) is 2.92. The molecule has 1 fully saturated rings. The number of hydrogen-bond donors (Lipinski definition) is 1. The molecule has 0 spiro atoms. The van der Waals surface area contributed by atoms with Crippen LogP contribution in [0.15, 0.2) is 77.7 Å². The molecule has 2 aromatic carbocycles. The Labute approximate surface area is 185 Å². The minimum absolute atomic E-state index is 0.116. The van der Waals surface area contributed by atoms with Gasteiger partial charge >= 0.3 is 0 Å². The average molecular weight is 434 g/mol. The predicted octanol–water partition coefficient (Wildman–Crippen LogP) is 5.16. The summed E-state index contributed by atoms with van der Waals surface area (Å²) in [5.41, 5.74) is 1.51. The Kier molecular flexibility index (Phi) is 6.18. The van der Waals surface area contributed by atoms with Crippen molar-refractivity contribution in [2.45, 2.75) is 25.9 Å². The van der Waals surface area contributed by atoms with Gasteiger partial charge in [0.2, 0.25) is 0 Å². The van der Waals surface area contributed by atoms with Crippen LogP contribution in [-0.2, 0) is 16.1 Å². The van der Waals surface area contributed by atoms with Gasteiger partial charge in [-0.3, -0.25) is 9.59 Å². The topological polar surface area (TPSA) is 66.8 Å². The zero-order chi connectivity index (χ0) is 21.8. The number of carbonyl (C=O) groups excluding carboxylic acids is 2. The molecular weight excluding hydrogens is 410 g/mol. The first-order chi connectivity index (χ1) is 15.1. The van der Waals surface area contributed by atoms with Gasteiger partial charge in [0, 0.05) is 17.0 Å². The quantitative estimate of drug-likeness (QED) is 0.318. The molecule has 1 aliphatic rings. The van der Waals surface area contributed by atoms with E-state index in [4.69, 9.17) is 4.74 Å². The van der Waals surface area contributed by atoms with E-state index in [1.54, 1.807) is 24.3 Å². The lowest BCUT2D eigenvalue weighted by Gasteiger charge is -2.24. The summed E-state index contributed by atoms with van der Waals surface area (Å²) >= 11 is 1.46. The summed E-state index contributed by atoms with van der Waals surface area (Å²) in [5, 5.41) is 13.0. The monoisotopic (exact) mass is 433 g/mol. The van der Waals surface area contributed by atoms with Crippen molar-refractivity contribution in [3.05, 3.63) is 93.7 Å². The molecular formula is C25H23NO4S. The number of likely N-dealkylation sites (tertiary alicyclic amines) is 1. The van der Waals surface area contributed by atoms with Gasteiger partial charge in [0.05, 0.1) is 18.2 Å². The van der Waals surface area contributed by atoms with Crippen LogP contribution in [0.1, 0.15) is 35.4 Å². The Morgan fingerprint density at radius 3 is 2.42 bits per heavy atom. The van der Waals surface area contributed by atoms with Gasteiger partial charge in [-0.1, -0.05) is 43.3 Å².